The van der Waals surface area contributed by atoms with Crippen molar-refractivity contribution in [2.75, 3.05) is 63.1 Å². The maximum absolute atomic E-state index is 13.4. The number of hydrogen-bond donors (Lipinski definition) is 8. The number of benzene rings is 2. The van der Waals surface area contributed by atoms with Crippen LogP contribution in [0.3, 0.4) is 0 Å². The molecule has 10 nitrogen and oxygen atoms in total. The van der Waals surface area contributed by atoms with Gasteiger partial charge in [-0.2, -0.15) is 0 Å². The van der Waals surface area contributed by atoms with Gasteiger partial charge in [-0.3, -0.25) is 9.59 Å². The Kier molecular flexibility index (Phi) is 10.5. The molecule has 176 valence electrons. The van der Waals surface area contributed by atoms with Crippen LogP contribution in [0.5, 0.6) is 11.5 Å². The van der Waals surface area contributed by atoms with E-state index in [9.17, 15) is 19.8 Å². The molecule has 0 aliphatic heterocycles. The number of phenolic OH excluding ortho intramolecular Hbond substituents is 2. The molecule has 11 heteroatoms. The second kappa shape index (κ2) is 12.8. The number of ketones is 2. The average Bonchev–Trinajstić information content (AvgIpc) is 2.78. The number of carbonyl (C=O) groups excluding carboxylic acids is 2. The van der Waals surface area contributed by atoms with Crippen molar-refractivity contribution >= 4 is 50.2 Å². The molecule has 1 aliphatic rings. The third kappa shape index (κ3) is 6.00. The Bertz CT molecular complexity index is 923. The van der Waals surface area contributed by atoms with E-state index in [0.717, 1.165) is 0 Å². The normalized spacial score (nSPS) is 12.1. The van der Waals surface area contributed by atoms with Gasteiger partial charge in [-0.1, -0.05) is 0 Å². The summed E-state index contributed by atoms with van der Waals surface area (Å²) in [4.78, 5) is 26.7. The SMILES string of the molecule is O=C1c2c(O)ccc(O)c2C(=O)c2c(NCCNCCO)ccc(NCCNCCO)c21.[Pb]. The van der Waals surface area contributed by atoms with Crippen molar-refractivity contribution in [2.24, 2.45) is 0 Å². The minimum absolute atomic E-state index is 0. The summed E-state index contributed by atoms with van der Waals surface area (Å²) in [5.74, 6) is -1.86. The van der Waals surface area contributed by atoms with Crippen molar-refractivity contribution in [3.63, 3.8) is 0 Å². The van der Waals surface area contributed by atoms with Crippen LogP contribution in [0.4, 0.5) is 11.4 Å². The number of hydrogen-bond acceptors (Lipinski definition) is 10. The van der Waals surface area contributed by atoms with Crippen LogP contribution in [0.25, 0.3) is 0 Å². The van der Waals surface area contributed by atoms with Crippen LogP contribution in [0.2, 0.25) is 0 Å². The van der Waals surface area contributed by atoms with Gasteiger partial charge >= 0.3 is 0 Å². The topological polar surface area (TPSA) is 163 Å². The third-order valence-electron chi connectivity index (χ3n) is 5.09. The second-order valence-corrected chi connectivity index (χ2v) is 7.22. The van der Waals surface area contributed by atoms with Crippen molar-refractivity contribution in [3.05, 3.63) is 46.5 Å². The molecule has 0 amide bonds. The molecule has 33 heavy (non-hydrogen) atoms. The Morgan fingerprint density at radius 3 is 1.33 bits per heavy atom. The van der Waals surface area contributed by atoms with E-state index >= 15 is 0 Å². The monoisotopic (exact) mass is 652 g/mol. The molecule has 2 aromatic carbocycles. The van der Waals surface area contributed by atoms with Gasteiger partial charge in [0.2, 0.25) is 11.6 Å². The summed E-state index contributed by atoms with van der Waals surface area (Å²) in [6.07, 6.45) is 0. The van der Waals surface area contributed by atoms with E-state index in [1.54, 1.807) is 12.1 Å². The molecule has 0 fully saturated rings. The van der Waals surface area contributed by atoms with Crippen molar-refractivity contribution in [3.8, 4) is 11.5 Å². The van der Waals surface area contributed by atoms with Gasteiger partial charge in [-0.05, 0) is 24.3 Å². The smallest absolute Gasteiger partial charge is 0.200 e. The molecule has 2 aromatic rings. The second-order valence-electron chi connectivity index (χ2n) is 7.22. The number of fused-ring (bicyclic) bond motifs is 2. The van der Waals surface area contributed by atoms with Crippen LogP contribution in [-0.2, 0) is 0 Å². The zero-order valence-electron chi connectivity index (χ0n) is 18.1. The summed E-state index contributed by atoms with van der Waals surface area (Å²) in [5.41, 5.74) is 0.678. The maximum Gasteiger partial charge on any atom is 0.200 e. The van der Waals surface area contributed by atoms with Gasteiger partial charge in [0.15, 0.2) is 0 Å². The van der Waals surface area contributed by atoms with Crippen LogP contribution in [0, 0.1) is 0 Å². The summed E-state index contributed by atoms with van der Waals surface area (Å²) >= 11 is 0. The van der Waals surface area contributed by atoms with Gasteiger partial charge in [-0.15, -0.1) is 0 Å². The minimum atomic E-state index is -0.559. The summed E-state index contributed by atoms with van der Waals surface area (Å²) in [5, 5.41) is 50.6. The minimum Gasteiger partial charge on any atom is -0.507 e. The fourth-order valence-corrected chi connectivity index (χ4v) is 3.64. The van der Waals surface area contributed by atoms with E-state index < -0.39 is 11.6 Å². The molecule has 4 radical (unpaired) electrons. The number of aromatic hydroxyl groups is 2. The van der Waals surface area contributed by atoms with Gasteiger partial charge in [-0.25, -0.2) is 0 Å². The first-order chi connectivity index (χ1) is 15.5. The largest absolute Gasteiger partial charge is 0.507 e. The van der Waals surface area contributed by atoms with E-state index in [-0.39, 0.29) is 74.3 Å². The molecular weight excluding hydrogens is 623 g/mol. The van der Waals surface area contributed by atoms with Gasteiger partial charge in [0.1, 0.15) is 11.5 Å². The number of rotatable bonds is 12. The molecule has 0 atom stereocenters. The fraction of sp³-hybridized carbons (Fsp3) is 0.364. The Morgan fingerprint density at radius 2 is 0.970 bits per heavy atom. The molecule has 0 saturated carbocycles. The van der Waals surface area contributed by atoms with Crippen LogP contribution in [0.15, 0.2) is 24.3 Å². The first-order valence-electron chi connectivity index (χ1n) is 10.4. The Balaban J connectivity index is 0.00000385. The first kappa shape index (κ1) is 27.0. The molecule has 3 rings (SSSR count). The first-order valence-corrected chi connectivity index (χ1v) is 10.4. The zero-order chi connectivity index (χ0) is 23.1. The summed E-state index contributed by atoms with van der Waals surface area (Å²) in [6, 6.07) is 5.74. The van der Waals surface area contributed by atoms with E-state index in [1.807, 2.05) is 0 Å². The van der Waals surface area contributed by atoms with Gasteiger partial charge in [0.05, 0.1) is 35.5 Å². The van der Waals surface area contributed by atoms with Crippen molar-refractivity contribution in [1.82, 2.24) is 10.6 Å². The molecular formula is C22H28N4O6Pb. The van der Waals surface area contributed by atoms with Crippen LogP contribution in [0.1, 0.15) is 31.8 Å². The van der Waals surface area contributed by atoms with Crippen LogP contribution < -0.4 is 21.3 Å². The number of aliphatic hydroxyl groups excluding tert-OH is 2. The molecule has 1 aliphatic carbocycles. The van der Waals surface area contributed by atoms with E-state index in [0.29, 0.717) is 50.6 Å². The predicted molar refractivity (Wildman–Crippen MR) is 126 cm³/mol. The molecule has 0 unspecified atom stereocenters. The average molecular weight is 652 g/mol. The van der Waals surface area contributed by atoms with Crippen LogP contribution >= 0.6 is 0 Å². The number of aliphatic hydroxyl groups is 2. The van der Waals surface area contributed by atoms with Crippen molar-refractivity contribution < 1.29 is 30.0 Å². The zero-order valence-corrected chi connectivity index (χ0v) is 22.0. The summed E-state index contributed by atoms with van der Waals surface area (Å²) in [7, 11) is 0. The van der Waals surface area contributed by atoms with E-state index in [4.69, 9.17) is 10.2 Å². The van der Waals surface area contributed by atoms with Crippen LogP contribution in [-0.4, -0.2) is 112 Å². The molecule has 8 N–H and O–H groups in total. The Morgan fingerprint density at radius 1 is 0.576 bits per heavy atom. The molecule has 0 saturated heterocycles. The van der Waals surface area contributed by atoms with Crippen molar-refractivity contribution in [1.29, 1.82) is 0 Å². The van der Waals surface area contributed by atoms with Crippen molar-refractivity contribution in [2.45, 2.75) is 0 Å². The van der Waals surface area contributed by atoms with Gasteiger partial charge in [0, 0.05) is 77.9 Å². The fourth-order valence-electron chi connectivity index (χ4n) is 3.64. The van der Waals surface area contributed by atoms with E-state index in [1.165, 1.54) is 12.1 Å². The standard InChI is InChI=1S/C22H28N4O6.Pb/c27-11-9-23-5-7-25-13-1-2-14(26-8-6-24-10-12-28)18-17(13)21(31)19-15(29)3-4-16(30)20(19)22(18)32;/h1-4,23-30H,5-12H2;. The number of nitrogens with one attached hydrogen (secondary N) is 4. The molecule has 0 bridgehead atoms. The van der Waals surface area contributed by atoms with Gasteiger partial charge in [0.25, 0.3) is 0 Å². The quantitative estimate of drug-likeness (QED) is 0.0727. The molecule has 0 spiro atoms. The maximum atomic E-state index is 13.4. The number of carbonyl (C=O) groups is 2. The summed E-state index contributed by atoms with van der Waals surface area (Å²) in [6.45, 7) is 2.81. The summed E-state index contributed by atoms with van der Waals surface area (Å²) < 4.78 is 0. The molecule has 0 heterocycles. The predicted octanol–water partition coefficient (Wildman–Crippen LogP) is -0.520. The Labute approximate surface area is 211 Å². The number of phenols is 2. The van der Waals surface area contributed by atoms with E-state index in [2.05, 4.69) is 21.3 Å². The number of anilines is 2. The van der Waals surface area contributed by atoms with Gasteiger partial charge < -0.3 is 41.7 Å². The third-order valence-corrected chi connectivity index (χ3v) is 5.09. The molecule has 0 aromatic heterocycles. The Hall–Kier alpha value is -2.26.